The van der Waals surface area contributed by atoms with Crippen LogP contribution in [-0.4, -0.2) is 79.9 Å². The topological polar surface area (TPSA) is 78.0 Å². The van der Waals surface area contributed by atoms with Gasteiger partial charge in [0.15, 0.2) is 0 Å². The summed E-state index contributed by atoms with van der Waals surface area (Å²) in [6, 6.07) is 9.58. The van der Waals surface area contributed by atoms with Crippen molar-refractivity contribution in [2.24, 2.45) is 0 Å². The first-order chi connectivity index (χ1) is 11.8. The zero-order valence-corrected chi connectivity index (χ0v) is 15.5. The van der Waals surface area contributed by atoms with E-state index < -0.39 is 10.0 Å². The van der Waals surface area contributed by atoms with Crippen molar-refractivity contribution < 1.29 is 18.0 Å². The Labute approximate surface area is 149 Å². The zero-order chi connectivity index (χ0) is 18.4. The molecule has 2 rings (SSSR count). The SMILES string of the molecule is CC(=O)N1CCN(C(=O)CN(CCc2ccccc2)S(C)(=O)=O)CC1. The minimum Gasteiger partial charge on any atom is -0.339 e. The highest BCUT2D eigenvalue weighted by atomic mass is 32.2. The minimum atomic E-state index is -3.47. The molecule has 0 spiro atoms. The maximum Gasteiger partial charge on any atom is 0.238 e. The van der Waals surface area contributed by atoms with Gasteiger partial charge >= 0.3 is 0 Å². The fraction of sp³-hybridized carbons (Fsp3) is 0.529. The Balaban J connectivity index is 1.93. The van der Waals surface area contributed by atoms with Gasteiger partial charge in [0.1, 0.15) is 0 Å². The number of benzene rings is 1. The molecular weight excluding hydrogens is 342 g/mol. The van der Waals surface area contributed by atoms with Crippen LogP contribution in [0.1, 0.15) is 12.5 Å². The lowest BCUT2D eigenvalue weighted by molar-refractivity contribution is -0.138. The molecule has 1 aromatic rings. The van der Waals surface area contributed by atoms with Gasteiger partial charge in [-0.2, -0.15) is 4.31 Å². The third-order valence-corrected chi connectivity index (χ3v) is 5.60. The fourth-order valence-electron chi connectivity index (χ4n) is 2.78. The second-order valence-electron chi connectivity index (χ2n) is 6.22. The fourth-order valence-corrected chi connectivity index (χ4v) is 3.55. The van der Waals surface area contributed by atoms with Gasteiger partial charge in [0, 0.05) is 39.6 Å². The molecular formula is C17H25N3O4S. The number of rotatable bonds is 6. The van der Waals surface area contributed by atoms with E-state index in [9.17, 15) is 18.0 Å². The van der Waals surface area contributed by atoms with Gasteiger partial charge in [0.05, 0.1) is 12.8 Å². The summed E-state index contributed by atoms with van der Waals surface area (Å²) < 4.78 is 25.3. The summed E-state index contributed by atoms with van der Waals surface area (Å²) in [7, 11) is -3.47. The van der Waals surface area contributed by atoms with Crippen molar-refractivity contribution in [2.75, 3.05) is 45.5 Å². The molecule has 0 atom stereocenters. The average Bonchev–Trinajstić information content (AvgIpc) is 2.58. The van der Waals surface area contributed by atoms with Gasteiger partial charge in [-0.1, -0.05) is 30.3 Å². The molecule has 1 aliphatic rings. The van der Waals surface area contributed by atoms with Gasteiger partial charge in [-0.05, 0) is 12.0 Å². The molecule has 0 unspecified atom stereocenters. The Morgan fingerprint density at radius 3 is 2.12 bits per heavy atom. The van der Waals surface area contributed by atoms with E-state index in [-0.39, 0.29) is 24.9 Å². The van der Waals surface area contributed by atoms with Crippen LogP contribution in [0.5, 0.6) is 0 Å². The Morgan fingerprint density at radius 1 is 1.04 bits per heavy atom. The van der Waals surface area contributed by atoms with E-state index in [2.05, 4.69) is 0 Å². The van der Waals surface area contributed by atoms with Crippen LogP contribution >= 0.6 is 0 Å². The van der Waals surface area contributed by atoms with E-state index in [1.807, 2.05) is 30.3 Å². The lowest BCUT2D eigenvalue weighted by atomic mass is 10.1. The average molecular weight is 367 g/mol. The molecule has 1 fully saturated rings. The van der Waals surface area contributed by atoms with Crippen molar-refractivity contribution in [1.29, 1.82) is 0 Å². The maximum atomic E-state index is 12.5. The Bertz CT molecular complexity index is 698. The van der Waals surface area contributed by atoms with E-state index in [1.54, 1.807) is 9.80 Å². The lowest BCUT2D eigenvalue weighted by Crippen LogP contribution is -2.52. The predicted octanol–water partition coefficient (Wildman–Crippen LogP) is 0.181. The number of nitrogens with zero attached hydrogens (tertiary/aromatic N) is 3. The molecule has 1 heterocycles. The number of piperazine rings is 1. The first-order valence-corrected chi connectivity index (χ1v) is 10.1. The predicted molar refractivity (Wildman–Crippen MR) is 95.4 cm³/mol. The Hall–Kier alpha value is -1.93. The summed E-state index contributed by atoms with van der Waals surface area (Å²) in [6.07, 6.45) is 1.68. The summed E-state index contributed by atoms with van der Waals surface area (Å²) in [5, 5.41) is 0. The summed E-state index contributed by atoms with van der Waals surface area (Å²) in [6.45, 7) is 3.47. The molecule has 0 radical (unpaired) electrons. The van der Waals surface area contributed by atoms with E-state index in [0.717, 1.165) is 11.8 Å². The van der Waals surface area contributed by atoms with Crippen LogP contribution in [0.25, 0.3) is 0 Å². The Morgan fingerprint density at radius 2 is 1.60 bits per heavy atom. The van der Waals surface area contributed by atoms with E-state index in [1.165, 1.54) is 11.2 Å². The quantitative estimate of drug-likeness (QED) is 0.719. The standard InChI is InChI=1S/C17H25N3O4S/c1-15(21)18-10-12-19(13-11-18)17(22)14-20(25(2,23)24)9-8-16-6-4-3-5-7-16/h3-7H,8-14H2,1-2H3. The molecule has 7 nitrogen and oxygen atoms in total. The van der Waals surface area contributed by atoms with Gasteiger partial charge in [0.25, 0.3) is 0 Å². The highest BCUT2D eigenvalue weighted by Gasteiger charge is 2.26. The number of hydrogen-bond acceptors (Lipinski definition) is 4. The van der Waals surface area contributed by atoms with Crippen molar-refractivity contribution in [3.8, 4) is 0 Å². The second-order valence-corrected chi connectivity index (χ2v) is 8.20. The van der Waals surface area contributed by atoms with Gasteiger partial charge in [0.2, 0.25) is 21.8 Å². The second kappa shape index (κ2) is 8.44. The summed E-state index contributed by atoms with van der Waals surface area (Å²) >= 11 is 0. The van der Waals surface area contributed by atoms with Crippen LogP contribution in [0.4, 0.5) is 0 Å². The molecule has 0 bridgehead atoms. The van der Waals surface area contributed by atoms with Gasteiger partial charge in [-0.3, -0.25) is 9.59 Å². The first-order valence-electron chi connectivity index (χ1n) is 8.29. The van der Waals surface area contributed by atoms with E-state index in [0.29, 0.717) is 32.6 Å². The van der Waals surface area contributed by atoms with Crippen molar-refractivity contribution in [3.05, 3.63) is 35.9 Å². The van der Waals surface area contributed by atoms with Crippen molar-refractivity contribution in [3.63, 3.8) is 0 Å². The molecule has 1 saturated heterocycles. The minimum absolute atomic E-state index is 0.00674. The highest BCUT2D eigenvalue weighted by Crippen LogP contribution is 2.08. The molecule has 2 amide bonds. The van der Waals surface area contributed by atoms with Crippen LogP contribution in [0.15, 0.2) is 30.3 Å². The van der Waals surface area contributed by atoms with Crippen LogP contribution in [0.3, 0.4) is 0 Å². The smallest absolute Gasteiger partial charge is 0.238 e. The third kappa shape index (κ3) is 5.82. The molecule has 0 saturated carbocycles. The maximum absolute atomic E-state index is 12.5. The summed E-state index contributed by atoms with van der Waals surface area (Å²) in [5.74, 6) is -0.227. The summed E-state index contributed by atoms with van der Waals surface area (Å²) in [4.78, 5) is 27.1. The molecule has 25 heavy (non-hydrogen) atoms. The van der Waals surface area contributed by atoms with Gasteiger partial charge < -0.3 is 9.80 Å². The number of sulfonamides is 1. The number of hydrogen-bond donors (Lipinski definition) is 0. The van der Waals surface area contributed by atoms with Crippen LogP contribution in [-0.2, 0) is 26.0 Å². The van der Waals surface area contributed by atoms with E-state index >= 15 is 0 Å². The van der Waals surface area contributed by atoms with Crippen LogP contribution < -0.4 is 0 Å². The number of amides is 2. The van der Waals surface area contributed by atoms with Crippen molar-refractivity contribution in [1.82, 2.24) is 14.1 Å². The van der Waals surface area contributed by atoms with Crippen molar-refractivity contribution >= 4 is 21.8 Å². The highest BCUT2D eigenvalue weighted by molar-refractivity contribution is 7.88. The Kier molecular flexibility index (Phi) is 6.55. The van der Waals surface area contributed by atoms with Crippen LogP contribution in [0, 0.1) is 0 Å². The summed E-state index contributed by atoms with van der Waals surface area (Å²) in [5.41, 5.74) is 1.03. The number of carbonyl (C=O) groups is 2. The molecule has 1 aliphatic heterocycles. The lowest BCUT2D eigenvalue weighted by Gasteiger charge is -2.35. The molecule has 8 heteroatoms. The monoisotopic (exact) mass is 367 g/mol. The van der Waals surface area contributed by atoms with Crippen molar-refractivity contribution in [2.45, 2.75) is 13.3 Å². The largest absolute Gasteiger partial charge is 0.339 e. The van der Waals surface area contributed by atoms with Gasteiger partial charge in [-0.25, -0.2) is 8.42 Å². The third-order valence-electron chi connectivity index (χ3n) is 4.35. The number of carbonyl (C=O) groups excluding carboxylic acids is 2. The van der Waals surface area contributed by atoms with E-state index in [4.69, 9.17) is 0 Å². The molecule has 0 N–H and O–H groups in total. The first kappa shape index (κ1) is 19.4. The molecule has 1 aromatic carbocycles. The molecule has 138 valence electrons. The normalized spacial score (nSPS) is 15.5. The zero-order valence-electron chi connectivity index (χ0n) is 14.7. The molecule has 0 aliphatic carbocycles. The van der Waals surface area contributed by atoms with Gasteiger partial charge in [-0.15, -0.1) is 0 Å². The molecule has 0 aromatic heterocycles. The van der Waals surface area contributed by atoms with Crippen LogP contribution in [0.2, 0.25) is 0 Å².